The number of rotatable bonds is 8. The number of benzene rings is 2. The lowest BCUT2D eigenvalue weighted by molar-refractivity contribution is -0.117. The normalized spacial score (nSPS) is 16.9. The topological polar surface area (TPSA) is 89.7 Å². The second-order valence-electron chi connectivity index (χ2n) is 7.88. The fourth-order valence-corrected chi connectivity index (χ4v) is 4.49. The standard InChI is InChI=1S/C24H27N3O3S/c1-4-15(3)29-21-11-18(30-17-7-5-14(2)6-8-17)9-16-10-20(27-23(16)21)24-26-13-19(31-24)12-22(25)28/h5-11,15,19,27H,4,12-13H2,1-3H3,(H2,25,28). The molecule has 0 saturated heterocycles. The maximum atomic E-state index is 11.2. The quantitative estimate of drug-likeness (QED) is 0.508. The number of nitrogens with zero attached hydrogens (tertiary/aromatic N) is 1. The van der Waals surface area contributed by atoms with Gasteiger partial charge in [-0.1, -0.05) is 36.4 Å². The Morgan fingerprint density at radius 2 is 2.03 bits per heavy atom. The number of aromatic nitrogens is 1. The highest BCUT2D eigenvalue weighted by molar-refractivity contribution is 8.15. The number of aliphatic imine (C=N–C) groups is 1. The summed E-state index contributed by atoms with van der Waals surface area (Å²) in [5.74, 6) is 1.94. The van der Waals surface area contributed by atoms with E-state index in [9.17, 15) is 4.79 Å². The second kappa shape index (κ2) is 9.06. The first kappa shape index (κ1) is 21.3. The number of fused-ring (bicyclic) bond motifs is 1. The number of nitrogens with two attached hydrogens (primary N) is 1. The van der Waals surface area contributed by atoms with Crippen LogP contribution in [0.5, 0.6) is 17.2 Å². The van der Waals surface area contributed by atoms with Gasteiger partial charge in [-0.25, -0.2) is 0 Å². The third-order valence-electron chi connectivity index (χ3n) is 5.20. The lowest BCUT2D eigenvalue weighted by atomic mass is 10.2. The minimum absolute atomic E-state index is 0.0720. The second-order valence-corrected chi connectivity index (χ2v) is 9.17. The molecule has 0 bridgehead atoms. The molecule has 3 aromatic rings. The Kier molecular flexibility index (Phi) is 6.23. The molecule has 2 heterocycles. The van der Waals surface area contributed by atoms with Gasteiger partial charge in [-0.05, 0) is 44.5 Å². The lowest BCUT2D eigenvalue weighted by Crippen LogP contribution is -2.18. The van der Waals surface area contributed by atoms with Crippen LogP contribution in [-0.2, 0) is 4.79 Å². The average molecular weight is 438 g/mol. The summed E-state index contributed by atoms with van der Waals surface area (Å²) < 4.78 is 12.3. The minimum atomic E-state index is -0.298. The molecule has 1 amide bonds. The van der Waals surface area contributed by atoms with Gasteiger partial charge in [-0.15, -0.1) is 0 Å². The third-order valence-corrected chi connectivity index (χ3v) is 6.42. The van der Waals surface area contributed by atoms with Crippen LogP contribution < -0.4 is 15.2 Å². The molecule has 1 aliphatic heterocycles. The van der Waals surface area contributed by atoms with E-state index in [1.165, 1.54) is 5.56 Å². The minimum Gasteiger partial charge on any atom is -0.488 e. The molecule has 2 unspecified atom stereocenters. The monoisotopic (exact) mass is 437 g/mol. The Morgan fingerprint density at radius 1 is 1.26 bits per heavy atom. The summed E-state index contributed by atoms with van der Waals surface area (Å²) in [6, 6.07) is 13.9. The van der Waals surface area contributed by atoms with Crippen molar-refractivity contribution in [1.82, 2.24) is 4.98 Å². The number of thioether (sulfide) groups is 1. The molecule has 6 nitrogen and oxygen atoms in total. The van der Waals surface area contributed by atoms with E-state index in [0.29, 0.717) is 18.7 Å². The zero-order valence-electron chi connectivity index (χ0n) is 18.0. The molecule has 2 atom stereocenters. The maximum Gasteiger partial charge on any atom is 0.218 e. The summed E-state index contributed by atoms with van der Waals surface area (Å²) in [7, 11) is 0. The summed E-state index contributed by atoms with van der Waals surface area (Å²) in [5.41, 5.74) is 8.35. The van der Waals surface area contributed by atoms with Gasteiger partial charge in [0.1, 0.15) is 22.3 Å². The molecule has 31 heavy (non-hydrogen) atoms. The van der Waals surface area contributed by atoms with Gasteiger partial charge in [0.05, 0.1) is 23.9 Å². The fourth-order valence-electron chi connectivity index (χ4n) is 3.39. The highest BCUT2D eigenvalue weighted by Gasteiger charge is 2.24. The average Bonchev–Trinajstić information content (AvgIpc) is 3.36. The first-order valence-corrected chi connectivity index (χ1v) is 11.4. The Morgan fingerprint density at radius 3 is 2.74 bits per heavy atom. The van der Waals surface area contributed by atoms with Crippen LogP contribution >= 0.6 is 11.8 Å². The van der Waals surface area contributed by atoms with Crippen LogP contribution in [0.1, 0.15) is 37.9 Å². The van der Waals surface area contributed by atoms with Gasteiger partial charge in [0.2, 0.25) is 5.91 Å². The van der Waals surface area contributed by atoms with Crippen LogP contribution in [0.2, 0.25) is 0 Å². The van der Waals surface area contributed by atoms with Gasteiger partial charge in [0.15, 0.2) is 0 Å². The Hall–Kier alpha value is -2.93. The van der Waals surface area contributed by atoms with E-state index in [1.807, 2.05) is 43.3 Å². The number of nitrogens with one attached hydrogen (secondary N) is 1. The fraction of sp³-hybridized carbons (Fsp3) is 0.333. The van der Waals surface area contributed by atoms with Crippen LogP contribution in [0.25, 0.3) is 10.9 Å². The smallest absolute Gasteiger partial charge is 0.218 e. The van der Waals surface area contributed by atoms with Gasteiger partial charge in [0.25, 0.3) is 0 Å². The molecular formula is C24H27N3O3S. The van der Waals surface area contributed by atoms with Crippen molar-refractivity contribution in [3.63, 3.8) is 0 Å². The number of H-pyrrole nitrogens is 1. The van der Waals surface area contributed by atoms with Crippen molar-refractivity contribution in [3.8, 4) is 17.2 Å². The number of ether oxygens (including phenoxy) is 2. The summed E-state index contributed by atoms with van der Waals surface area (Å²) in [6.07, 6.45) is 1.30. The van der Waals surface area contributed by atoms with Crippen molar-refractivity contribution >= 4 is 33.6 Å². The van der Waals surface area contributed by atoms with E-state index in [1.54, 1.807) is 11.8 Å². The molecule has 2 aromatic carbocycles. The van der Waals surface area contributed by atoms with Gasteiger partial charge in [0, 0.05) is 23.1 Å². The predicted molar refractivity (Wildman–Crippen MR) is 127 cm³/mol. The van der Waals surface area contributed by atoms with E-state index in [0.717, 1.165) is 39.6 Å². The summed E-state index contributed by atoms with van der Waals surface area (Å²) in [5, 5.41) is 1.97. The van der Waals surface area contributed by atoms with Crippen LogP contribution in [0.15, 0.2) is 47.5 Å². The number of carbonyl (C=O) groups is 1. The van der Waals surface area contributed by atoms with Crippen LogP contribution in [0.4, 0.5) is 0 Å². The molecule has 3 N–H and O–H groups in total. The number of hydrogen-bond donors (Lipinski definition) is 2. The van der Waals surface area contributed by atoms with Crippen LogP contribution in [0, 0.1) is 6.92 Å². The van der Waals surface area contributed by atoms with Gasteiger partial charge in [-0.2, -0.15) is 0 Å². The molecule has 0 aliphatic carbocycles. The first-order valence-electron chi connectivity index (χ1n) is 10.5. The van der Waals surface area contributed by atoms with Crippen LogP contribution in [-0.4, -0.2) is 33.8 Å². The number of aryl methyl sites for hydroxylation is 1. The SMILES string of the molecule is CCC(C)Oc1cc(Oc2ccc(C)cc2)cc2cc(C3=NCC(CC(N)=O)S3)[nH]c12. The highest BCUT2D eigenvalue weighted by atomic mass is 32.2. The van der Waals surface area contributed by atoms with Crippen molar-refractivity contribution in [2.24, 2.45) is 10.7 Å². The number of hydrogen-bond acceptors (Lipinski definition) is 5. The molecular weight excluding hydrogens is 410 g/mol. The number of carbonyl (C=O) groups excluding carboxylic acids is 1. The Labute approximate surface area is 186 Å². The summed E-state index contributed by atoms with van der Waals surface area (Å²) in [4.78, 5) is 19.3. The molecule has 0 saturated carbocycles. The van der Waals surface area contributed by atoms with Crippen molar-refractivity contribution in [3.05, 3.63) is 53.7 Å². The predicted octanol–water partition coefficient (Wildman–Crippen LogP) is 5.18. The lowest BCUT2D eigenvalue weighted by Gasteiger charge is -2.15. The van der Waals surface area contributed by atoms with E-state index < -0.39 is 0 Å². The summed E-state index contributed by atoms with van der Waals surface area (Å²) >= 11 is 1.59. The van der Waals surface area contributed by atoms with E-state index in [-0.39, 0.29) is 17.3 Å². The molecule has 4 rings (SSSR count). The molecule has 1 aromatic heterocycles. The van der Waals surface area contributed by atoms with Gasteiger partial charge in [-0.3, -0.25) is 9.79 Å². The molecule has 0 radical (unpaired) electrons. The van der Waals surface area contributed by atoms with E-state index >= 15 is 0 Å². The first-order chi connectivity index (χ1) is 14.9. The van der Waals surface area contributed by atoms with Crippen LogP contribution in [0.3, 0.4) is 0 Å². The zero-order chi connectivity index (χ0) is 22.0. The van der Waals surface area contributed by atoms with Crippen molar-refractivity contribution in [2.45, 2.75) is 45.0 Å². The van der Waals surface area contributed by atoms with Crippen molar-refractivity contribution in [1.29, 1.82) is 0 Å². The molecule has 0 fully saturated rings. The Bertz CT molecular complexity index is 1120. The number of amides is 1. The zero-order valence-corrected chi connectivity index (χ0v) is 18.8. The highest BCUT2D eigenvalue weighted by Crippen LogP contribution is 2.36. The molecule has 162 valence electrons. The molecule has 1 aliphatic rings. The maximum absolute atomic E-state index is 11.2. The van der Waals surface area contributed by atoms with E-state index in [2.05, 4.69) is 29.9 Å². The largest absolute Gasteiger partial charge is 0.488 e. The number of aromatic amines is 1. The van der Waals surface area contributed by atoms with Crippen molar-refractivity contribution in [2.75, 3.05) is 6.54 Å². The van der Waals surface area contributed by atoms with Gasteiger partial charge < -0.3 is 20.2 Å². The van der Waals surface area contributed by atoms with Gasteiger partial charge >= 0.3 is 0 Å². The van der Waals surface area contributed by atoms with E-state index in [4.69, 9.17) is 15.2 Å². The summed E-state index contributed by atoms with van der Waals surface area (Å²) in [6.45, 7) is 6.79. The molecule has 0 spiro atoms. The molecule has 7 heteroatoms. The Balaban J connectivity index is 1.66. The number of primary amides is 1. The van der Waals surface area contributed by atoms with Crippen molar-refractivity contribution < 1.29 is 14.3 Å². The third kappa shape index (κ3) is 5.05.